The zero-order chi connectivity index (χ0) is 15.7. The van der Waals surface area contributed by atoms with Crippen molar-refractivity contribution in [2.45, 2.75) is 38.8 Å². The van der Waals surface area contributed by atoms with E-state index < -0.39 is 23.7 Å². The maximum Gasteiger partial charge on any atom is 0.308 e. The Kier molecular flexibility index (Phi) is 4.52. The summed E-state index contributed by atoms with van der Waals surface area (Å²) in [4.78, 5) is 25.2. The Morgan fingerprint density at radius 3 is 2.62 bits per heavy atom. The van der Waals surface area contributed by atoms with Crippen molar-refractivity contribution in [2.24, 2.45) is 5.92 Å². The molecule has 0 bridgehead atoms. The van der Waals surface area contributed by atoms with E-state index in [9.17, 15) is 19.1 Å². The third kappa shape index (κ3) is 3.18. The van der Waals surface area contributed by atoms with Crippen molar-refractivity contribution in [2.75, 3.05) is 0 Å². The number of carbonyl (C=O) groups is 2. The van der Waals surface area contributed by atoms with Gasteiger partial charge in [0.15, 0.2) is 0 Å². The minimum Gasteiger partial charge on any atom is -0.481 e. The largest absolute Gasteiger partial charge is 0.481 e. The molecular formula is C15H17ClFNO3. The van der Waals surface area contributed by atoms with Gasteiger partial charge in [0.05, 0.1) is 12.0 Å². The average Bonchev–Trinajstić information content (AvgIpc) is 2.36. The Morgan fingerprint density at radius 2 is 2.10 bits per heavy atom. The van der Waals surface area contributed by atoms with E-state index in [1.165, 1.54) is 17.0 Å². The number of rotatable bonds is 3. The molecule has 1 aromatic carbocycles. The van der Waals surface area contributed by atoms with Gasteiger partial charge in [-0.15, -0.1) is 0 Å². The maximum absolute atomic E-state index is 13.6. The summed E-state index contributed by atoms with van der Waals surface area (Å²) < 4.78 is 13.6. The molecule has 2 atom stereocenters. The number of carboxylic acid groups (broad SMARTS) is 1. The number of hydrogen-bond donors (Lipinski definition) is 1. The minimum atomic E-state index is -0.987. The van der Waals surface area contributed by atoms with Crippen molar-refractivity contribution >= 4 is 23.5 Å². The molecule has 1 amide bonds. The first kappa shape index (κ1) is 15.8. The van der Waals surface area contributed by atoms with Gasteiger partial charge in [-0.25, -0.2) is 4.39 Å². The highest BCUT2D eigenvalue weighted by Gasteiger charge is 2.41. The van der Waals surface area contributed by atoms with E-state index in [0.29, 0.717) is 5.56 Å². The van der Waals surface area contributed by atoms with Crippen LogP contribution in [0.25, 0.3) is 0 Å². The number of carbonyl (C=O) groups excluding carboxylic acids is 1. The van der Waals surface area contributed by atoms with E-state index in [1.54, 1.807) is 0 Å². The smallest absolute Gasteiger partial charge is 0.308 e. The number of nitrogens with zero attached hydrogens (tertiary/aromatic N) is 1. The summed E-state index contributed by atoms with van der Waals surface area (Å²) in [5.74, 6) is -2.40. The number of likely N-dealkylation sites (tertiary alicyclic amines) is 1. The topological polar surface area (TPSA) is 57.6 Å². The molecule has 1 N–H and O–H groups in total. The zero-order valence-corrected chi connectivity index (χ0v) is 12.6. The van der Waals surface area contributed by atoms with Crippen LogP contribution in [0.3, 0.4) is 0 Å². The molecule has 1 aromatic rings. The highest BCUT2D eigenvalue weighted by Crippen LogP contribution is 2.39. The van der Waals surface area contributed by atoms with Crippen molar-refractivity contribution in [3.05, 3.63) is 34.6 Å². The van der Waals surface area contributed by atoms with Gasteiger partial charge in [0.2, 0.25) is 5.91 Å². The van der Waals surface area contributed by atoms with E-state index in [0.717, 1.165) is 6.07 Å². The molecule has 1 aliphatic rings. The van der Waals surface area contributed by atoms with Crippen LogP contribution < -0.4 is 0 Å². The van der Waals surface area contributed by atoms with Gasteiger partial charge in [0, 0.05) is 17.5 Å². The molecule has 2 rings (SSSR count). The molecule has 0 radical (unpaired) electrons. The van der Waals surface area contributed by atoms with Crippen LogP contribution in [-0.2, 0) is 9.59 Å². The van der Waals surface area contributed by atoms with Crippen LogP contribution in [0.1, 0.15) is 38.3 Å². The van der Waals surface area contributed by atoms with E-state index in [1.807, 2.05) is 13.8 Å². The molecule has 2 unspecified atom stereocenters. The number of amides is 1. The molecule has 0 saturated carbocycles. The quantitative estimate of drug-likeness (QED) is 0.932. The van der Waals surface area contributed by atoms with Crippen LogP contribution in [-0.4, -0.2) is 27.9 Å². The van der Waals surface area contributed by atoms with Gasteiger partial charge in [-0.2, -0.15) is 0 Å². The Labute approximate surface area is 127 Å². The van der Waals surface area contributed by atoms with Crippen LogP contribution in [0.2, 0.25) is 5.02 Å². The Bertz CT molecular complexity index is 556. The molecule has 0 spiro atoms. The summed E-state index contributed by atoms with van der Waals surface area (Å²) in [5.41, 5.74) is 0.425. The molecule has 0 aromatic heterocycles. The van der Waals surface area contributed by atoms with E-state index in [2.05, 4.69) is 0 Å². The molecule has 1 heterocycles. The first-order valence-corrected chi connectivity index (χ1v) is 7.19. The van der Waals surface area contributed by atoms with E-state index in [4.69, 9.17) is 11.6 Å². The minimum absolute atomic E-state index is 0.118. The molecule has 1 fully saturated rings. The van der Waals surface area contributed by atoms with Crippen LogP contribution in [0.5, 0.6) is 0 Å². The summed E-state index contributed by atoms with van der Waals surface area (Å²) in [5, 5.41) is 9.62. The number of benzene rings is 1. The maximum atomic E-state index is 13.6. The SMILES string of the molecule is CC(C)N1C(=O)CCC(C(=O)O)C1c1cc(F)cc(Cl)c1. The third-order valence-electron chi connectivity index (χ3n) is 3.74. The molecule has 1 aliphatic heterocycles. The summed E-state index contributed by atoms with van der Waals surface area (Å²) >= 11 is 5.87. The Morgan fingerprint density at radius 1 is 1.43 bits per heavy atom. The van der Waals surface area contributed by atoms with Crippen LogP contribution in [0.4, 0.5) is 4.39 Å². The van der Waals surface area contributed by atoms with Crippen molar-refractivity contribution in [3.63, 3.8) is 0 Å². The first-order chi connectivity index (χ1) is 9.81. The number of piperidine rings is 1. The molecule has 114 valence electrons. The van der Waals surface area contributed by atoms with Gasteiger partial charge >= 0.3 is 5.97 Å². The van der Waals surface area contributed by atoms with Crippen LogP contribution in [0, 0.1) is 11.7 Å². The lowest BCUT2D eigenvalue weighted by atomic mass is 9.83. The lowest BCUT2D eigenvalue weighted by Gasteiger charge is -2.42. The van der Waals surface area contributed by atoms with Gasteiger partial charge in [-0.05, 0) is 44.0 Å². The highest BCUT2D eigenvalue weighted by molar-refractivity contribution is 6.30. The second-order valence-electron chi connectivity index (χ2n) is 5.53. The number of hydrogen-bond acceptors (Lipinski definition) is 2. The molecule has 21 heavy (non-hydrogen) atoms. The zero-order valence-electron chi connectivity index (χ0n) is 11.8. The predicted octanol–water partition coefficient (Wildman–Crippen LogP) is 3.25. The fourth-order valence-electron chi connectivity index (χ4n) is 2.92. The van der Waals surface area contributed by atoms with Gasteiger partial charge in [0.1, 0.15) is 5.82 Å². The number of halogens is 2. The summed E-state index contributed by atoms with van der Waals surface area (Å²) in [7, 11) is 0. The Balaban J connectivity index is 2.53. The first-order valence-electron chi connectivity index (χ1n) is 6.81. The fourth-order valence-corrected chi connectivity index (χ4v) is 3.15. The second-order valence-corrected chi connectivity index (χ2v) is 5.96. The molecule has 0 aliphatic carbocycles. The summed E-state index contributed by atoms with van der Waals surface area (Å²) in [6.07, 6.45) is 0.435. The predicted molar refractivity (Wildman–Crippen MR) is 76.5 cm³/mol. The van der Waals surface area contributed by atoms with Crippen LogP contribution in [0.15, 0.2) is 18.2 Å². The monoisotopic (exact) mass is 313 g/mol. The van der Waals surface area contributed by atoms with Gasteiger partial charge < -0.3 is 10.0 Å². The van der Waals surface area contributed by atoms with Crippen molar-refractivity contribution in [1.29, 1.82) is 0 Å². The summed E-state index contributed by atoms with van der Waals surface area (Å²) in [6, 6.07) is 3.06. The molecule has 1 saturated heterocycles. The fraction of sp³-hybridized carbons (Fsp3) is 0.467. The van der Waals surface area contributed by atoms with Crippen molar-refractivity contribution in [3.8, 4) is 0 Å². The average molecular weight is 314 g/mol. The van der Waals surface area contributed by atoms with E-state index >= 15 is 0 Å². The van der Waals surface area contributed by atoms with Gasteiger partial charge in [-0.1, -0.05) is 11.6 Å². The molecule has 6 heteroatoms. The standard InChI is InChI=1S/C15H17ClFNO3/c1-8(2)18-13(19)4-3-12(15(20)21)14(18)9-5-10(16)7-11(17)6-9/h5-8,12,14H,3-4H2,1-2H3,(H,20,21). The number of aliphatic carboxylic acids is 1. The summed E-state index contributed by atoms with van der Waals surface area (Å²) in [6.45, 7) is 3.63. The second kappa shape index (κ2) is 6.02. The van der Waals surface area contributed by atoms with Gasteiger partial charge in [0.25, 0.3) is 0 Å². The highest BCUT2D eigenvalue weighted by atomic mass is 35.5. The molecular weight excluding hydrogens is 297 g/mol. The lowest BCUT2D eigenvalue weighted by Crippen LogP contribution is -2.48. The van der Waals surface area contributed by atoms with Crippen molar-refractivity contribution < 1.29 is 19.1 Å². The van der Waals surface area contributed by atoms with Gasteiger partial charge in [-0.3, -0.25) is 9.59 Å². The molecule has 4 nitrogen and oxygen atoms in total. The van der Waals surface area contributed by atoms with E-state index in [-0.39, 0.29) is 29.8 Å². The lowest BCUT2D eigenvalue weighted by molar-refractivity contribution is -0.153. The Hall–Kier alpha value is -1.62. The van der Waals surface area contributed by atoms with Crippen LogP contribution >= 0.6 is 11.6 Å². The third-order valence-corrected chi connectivity index (χ3v) is 3.96. The normalized spacial score (nSPS) is 22.7. The van der Waals surface area contributed by atoms with Crippen molar-refractivity contribution in [1.82, 2.24) is 4.90 Å². The number of carboxylic acids is 1.